The molecule has 6 nitrogen and oxygen atoms in total. The summed E-state index contributed by atoms with van der Waals surface area (Å²) >= 11 is 1.57. The van der Waals surface area contributed by atoms with Crippen LogP contribution in [0.4, 0.5) is 0 Å². The van der Waals surface area contributed by atoms with Gasteiger partial charge in [-0.15, -0.1) is 16.4 Å². The highest BCUT2D eigenvalue weighted by Crippen LogP contribution is 2.25. The molecule has 0 bridgehead atoms. The fourth-order valence-electron chi connectivity index (χ4n) is 1.86. The molecule has 0 amide bonds. The fraction of sp³-hybridized carbons (Fsp3) is 0.143. The van der Waals surface area contributed by atoms with Gasteiger partial charge in [0, 0.05) is 5.56 Å². The van der Waals surface area contributed by atoms with E-state index in [0.29, 0.717) is 18.1 Å². The fourth-order valence-corrected chi connectivity index (χ4v) is 2.55. The third-order valence-corrected chi connectivity index (χ3v) is 3.88. The van der Waals surface area contributed by atoms with E-state index in [1.807, 2.05) is 37.3 Å². The molecule has 1 aromatic carbocycles. The number of aryl methyl sites for hydroxylation is 1. The molecule has 0 saturated heterocycles. The number of ether oxygens (including phenoxy) is 1. The Balaban J connectivity index is 1.81. The number of aromatic nitrogens is 4. The van der Waals surface area contributed by atoms with Crippen LogP contribution < -0.4 is 4.74 Å². The van der Waals surface area contributed by atoms with Gasteiger partial charge in [-0.05, 0) is 19.1 Å². The Morgan fingerprint density at radius 3 is 3.05 bits per heavy atom. The van der Waals surface area contributed by atoms with Gasteiger partial charge in [0.1, 0.15) is 24.1 Å². The molecule has 0 saturated carbocycles. The first-order valence-corrected chi connectivity index (χ1v) is 7.09. The number of H-pyrrole nitrogens is 1. The van der Waals surface area contributed by atoms with Gasteiger partial charge in [0.05, 0.1) is 16.1 Å². The third kappa shape index (κ3) is 2.75. The van der Waals surface area contributed by atoms with Crippen LogP contribution in [-0.2, 0) is 6.61 Å². The first-order valence-electron chi connectivity index (χ1n) is 6.21. The second kappa shape index (κ2) is 5.73. The van der Waals surface area contributed by atoms with Gasteiger partial charge in [-0.25, -0.2) is 4.98 Å². The van der Waals surface area contributed by atoms with E-state index in [1.165, 1.54) is 0 Å². The van der Waals surface area contributed by atoms with Gasteiger partial charge in [0.2, 0.25) is 0 Å². The molecule has 0 spiro atoms. The molecular formula is C14H11N5OS. The monoisotopic (exact) mass is 297 g/mol. The van der Waals surface area contributed by atoms with Gasteiger partial charge in [0.25, 0.3) is 0 Å². The van der Waals surface area contributed by atoms with E-state index in [-0.39, 0.29) is 5.69 Å². The number of hydrogen-bond donors (Lipinski definition) is 1. The van der Waals surface area contributed by atoms with Crippen LogP contribution in [0, 0.1) is 18.3 Å². The molecule has 0 aliphatic heterocycles. The van der Waals surface area contributed by atoms with Crippen molar-refractivity contribution in [1.82, 2.24) is 20.4 Å². The van der Waals surface area contributed by atoms with Gasteiger partial charge in [-0.2, -0.15) is 15.6 Å². The molecule has 0 radical (unpaired) electrons. The van der Waals surface area contributed by atoms with E-state index in [0.717, 1.165) is 16.1 Å². The number of nitrogens with one attached hydrogen (secondary N) is 1. The number of nitriles is 1. The Morgan fingerprint density at radius 2 is 2.29 bits per heavy atom. The van der Waals surface area contributed by atoms with Crippen molar-refractivity contribution in [3.8, 4) is 23.1 Å². The molecule has 0 unspecified atom stereocenters. The SMILES string of the molecule is Cc1ncsc1COc1cccc(-c2n[nH]nc2C#N)c1. The van der Waals surface area contributed by atoms with Gasteiger partial charge in [-0.3, -0.25) is 0 Å². The van der Waals surface area contributed by atoms with Crippen LogP contribution in [0.3, 0.4) is 0 Å². The summed E-state index contributed by atoms with van der Waals surface area (Å²) in [5, 5.41) is 19.2. The lowest BCUT2D eigenvalue weighted by Crippen LogP contribution is -1.95. The third-order valence-electron chi connectivity index (χ3n) is 2.98. The Hall–Kier alpha value is -2.72. The van der Waals surface area contributed by atoms with E-state index < -0.39 is 0 Å². The van der Waals surface area contributed by atoms with Crippen LogP contribution in [-0.4, -0.2) is 20.4 Å². The molecular weight excluding hydrogens is 286 g/mol. The summed E-state index contributed by atoms with van der Waals surface area (Å²) in [5.74, 6) is 0.715. The van der Waals surface area contributed by atoms with Gasteiger partial charge < -0.3 is 4.74 Å². The van der Waals surface area contributed by atoms with Crippen LogP contribution >= 0.6 is 11.3 Å². The minimum Gasteiger partial charge on any atom is -0.488 e. The van der Waals surface area contributed by atoms with Gasteiger partial charge in [-0.1, -0.05) is 12.1 Å². The number of benzene rings is 1. The standard InChI is InChI=1S/C14H11N5OS/c1-9-13(21-8-16-9)7-20-11-4-2-3-10(5-11)14-12(6-15)17-19-18-14/h2-5,8H,7H2,1H3,(H,17,18,19). The Kier molecular flexibility index (Phi) is 3.62. The smallest absolute Gasteiger partial charge is 0.190 e. The van der Waals surface area contributed by atoms with Crippen molar-refractivity contribution in [3.05, 3.63) is 46.0 Å². The lowest BCUT2D eigenvalue weighted by Gasteiger charge is -2.06. The van der Waals surface area contributed by atoms with Crippen molar-refractivity contribution in [2.24, 2.45) is 0 Å². The molecule has 0 aliphatic rings. The maximum Gasteiger partial charge on any atom is 0.190 e. The minimum atomic E-state index is 0.269. The highest BCUT2D eigenvalue weighted by Gasteiger charge is 2.10. The minimum absolute atomic E-state index is 0.269. The Bertz CT molecular complexity index is 802. The molecule has 7 heteroatoms. The second-order valence-electron chi connectivity index (χ2n) is 4.31. The molecule has 2 aromatic heterocycles. The maximum atomic E-state index is 8.99. The Morgan fingerprint density at radius 1 is 1.38 bits per heavy atom. The summed E-state index contributed by atoms with van der Waals surface area (Å²) < 4.78 is 5.77. The van der Waals surface area contributed by atoms with Crippen LogP contribution in [0.25, 0.3) is 11.3 Å². The zero-order valence-corrected chi connectivity index (χ0v) is 12.0. The molecule has 1 N–H and O–H groups in total. The molecule has 3 aromatic rings. The second-order valence-corrected chi connectivity index (χ2v) is 5.25. The van der Waals surface area contributed by atoms with E-state index in [4.69, 9.17) is 10.00 Å². The maximum absolute atomic E-state index is 8.99. The molecule has 2 heterocycles. The number of thiazole rings is 1. The van der Waals surface area contributed by atoms with E-state index >= 15 is 0 Å². The number of rotatable bonds is 4. The van der Waals surface area contributed by atoms with E-state index in [2.05, 4.69) is 20.4 Å². The number of aromatic amines is 1. The van der Waals surface area contributed by atoms with E-state index in [1.54, 1.807) is 16.8 Å². The zero-order chi connectivity index (χ0) is 14.7. The zero-order valence-electron chi connectivity index (χ0n) is 11.2. The van der Waals surface area contributed by atoms with Crippen molar-refractivity contribution in [3.63, 3.8) is 0 Å². The molecule has 0 fully saturated rings. The molecule has 0 atom stereocenters. The van der Waals surface area contributed by atoms with Gasteiger partial charge >= 0.3 is 0 Å². The van der Waals surface area contributed by atoms with Crippen LogP contribution in [0.1, 0.15) is 16.3 Å². The van der Waals surface area contributed by atoms with Crippen molar-refractivity contribution in [1.29, 1.82) is 5.26 Å². The predicted molar refractivity (Wildman–Crippen MR) is 77.7 cm³/mol. The summed E-state index contributed by atoms with van der Waals surface area (Å²) in [6, 6.07) is 9.44. The topological polar surface area (TPSA) is 87.5 Å². The molecule has 3 rings (SSSR count). The largest absolute Gasteiger partial charge is 0.488 e. The van der Waals surface area contributed by atoms with Crippen LogP contribution in [0.5, 0.6) is 5.75 Å². The van der Waals surface area contributed by atoms with Crippen molar-refractivity contribution in [2.75, 3.05) is 0 Å². The average Bonchev–Trinajstić information content (AvgIpc) is 3.14. The summed E-state index contributed by atoms with van der Waals surface area (Å²) in [7, 11) is 0. The summed E-state index contributed by atoms with van der Waals surface area (Å²) in [4.78, 5) is 5.29. The average molecular weight is 297 g/mol. The molecule has 104 valence electrons. The van der Waals surface area contributed by atoms with Crippen molar-refractivity contribution in [2.45, 2.75) is 13.5 Å². The lowest BCUT2D eigenvalue weighted by atomic mass is 10.1. The number of nitrogens with zero attached hydrogens (tertiary/aromatic N) is 4. The first-order chi connectivity index (χ1) is 10.3. The first kappa shape index (κ1) is 13.3. The predicted octanol–water partition coefficient (Wildman–Crippen LogP) is 2.69. The van der Waals surface area contributed by atoms with Crippen molar-refractivity contribution >= 4 is 11.3 Å². The normalized spacial score (nSPS) is 10.3. The Labute approximate surface area is 125 Å². The number of hydrogen-bond acceptors (Lipinski definition) is 6. The molecule has 21 heavy (non-hydrogen) atoms. The van der Waals surface area contributed by atoms with Gasteiger partial charge in [0.15, 0.2) is 5.69 Å². The highest BCUT2D eigenvalue weighted by molar-refractivity contribution is 7.09. The van der Waals surface area contributed by atoms with Crippen molar-refractivity contribution < 1.29 is 4.74 Å². The molecule has 0 aliphatic carbocycles. The lowest BCUT2D eigenvalue weighted by molar-refractivity contribution is 0.309. The van der Waals surface area contributed by atoms with Crippen LogP contribution in [0.2, 0.25) is 0 Å². The summed E-state index contributed by atoms with van der Waals surface area (Å²) in [5.41, 5.74) is 4.37. The summed E-state index contributed by atoms with van der Waals surface area (Å²) in [6.45, 7) is 2.43. The van der Waals surface area contributed by atoms with Crippen LogP contribution in [0.15, 0.2) is 29.8 Å². The highest BCUT2D eigenvalue weighted by atomic mass is 32.1. The van der Waals surface area contributed by atoms with E-state index in [9.17, 15) is 0 Å². The quantitative estimate of drug-likeness (QED) is 0.800. The summed E-state index contributed by atoms with van der Waals surface area (Å²) in [6.07, 6.45) is 0.